The van der Waals surface area contributed by atoms with Crippen molar-refractivity contribution in [2.45, 2.75) is 46.5 Å². The second kappa shape index (κ2) is 7.09. The Bertz CT molecular complexity index is 338. The Morgan fingerprint density at radius 1 is 1.35 bits per heavy atom. The molecule has 0 aliphatic heterocycles. The van der Waals surface area contributed by atoms with Gasteiger partial charge in [0, 0.05) is 12.1 Å². The number of aromatic nitrogens is 2. The van der Waals surface area contributed by atoms with E-state index in [0.717, 1.165) is 17.9 Å². The summed E-state index contributed by atoms with van der Waals surface area (Å²) in [4.78, 5) is 8.19. The molecule has 0 bridgehead atoms. The maximum Gasteiger partial charge on any atom is 0.134 e. The van der Waals surface area contributed by atoms with E-state index in [9.17, 15) is 0 Å². The summed E-state index contributed by atoms with van der Waals surface area (Å²) in [6, 6.07) is 0. The highest BCUT2D eigenvalue weighted by atomic mass is 15.0. The van der Waals surface area contributed by atoms with Gasteiger partial charge < -0.3 is 11.1 Å². The molecule has 17 heavy (non-hydrogen) atoms. The van der Waals surface area contributed by atoms with Crippen LogP contribution in [0.25, 0.3) is 0 Å². The van der Waals surface area contributed by atoms with Crippen molar-refractivity contribution >= 4 is 11.6 Å². The number of anilines is 2. The first-order valence-electron chi connectivity index (χ1n) is 6.49. The number of hydrogen-bond donors (Lipinski definition) is 2. The molecule has 1 atom stereocenters. The van der Waals surface area contributed by atoms with Crippen LogP contribution in [-0.2, 0) is 0 Å². The van der Waals surface area contributed by atoms with Crippen LogP contribution in [0.3, 0.4) is 0 Å². The average Bonchev–Trinajstić information content (AvgIpc) is 2.34. The van der Waals surface area contributed by atoms with Gasteiger partial charge in [-0.1, -0.05) is 33.1 Å². The Morgan fingerprint density at radius 3 is 2.76 bits per heavy atom. The highest BCUT2D eigenvalue weighted by Gasteiger charge is 2.08. The third kappa shape index (κ3) is 4.21. The summed E-state index contributed by atoms with van der Waals surface area (Å²) in [5.74, 6) is 2.14. The topological polar surface area (TPSA) is 63.8 Å². The van der Waals surface area contributed by atoms with E-state index >= 15 is 0 Å². The van der Waals surface area contributed by atoms with Gasteiger partial charge in [0.05, 0.1) is 0 Å². The normalized spacial score (nSPS) is 12.4. The van der Waals surface area contributed by atoms with Crippen LogP contribution in [-0.4, -0.2) is 16.5 Å². The first kappa shape index (κ1) is 13.7. The van der Waals surface area contributed by atoms with Gasteiger partial charge in [-0.2, -0.15) is 0 Å². The number of unbranched alkanes of at least 4 members (excludes halogenated alkanes) is 1. The number of rotatable bonds is 7. The Hall–Kier alpha value is -1.32. The van der Waals surface area contributed by atoms with Gasteiger partial charge in [0.2, 0.25) is 0 Å². The third-order valence-corrected chi connectivity index (χ3v) is 3.22. The van der Waals surface area contributed by atoms with E-state index in [1.807, 2.05) is 6.92 Å². The van der Waals surface area contributed by atoms with Crippen LogP contribution in [0.4, 0.5) is 11.6 Å². The lowest BCUT2D eigenvalue weighted by Crippen LogP contribution is -2.15. The molecule has 0 amide bonds. The van der Waals surface area contributed by atoms with Gasteiger partial charge in [-0.15, -0.1) is 0 Å². The second-order valence-electron chi connectivity index (χ2n) is 4.53. The van der Waals surface area contributed by atoms with Crippen molar-refractivity contribution in [1.29, 1.82) is 0 Å². The van der Waals surface area contributed by atoms with Gasteiger partial charge in [0.1, 0.15) is 18.0 Å². The molecule has 0 fully saturated rings. The van der Waals surface area contributed by atoms with Crippen LogP contribution in [0.5, 0.6) is 0 Å². The minimum absolute atomic E-state index is 0.559. The standard InChI is InChI=1S/C13H24N4/c1-4-6-7-11(5-2)8-15-13-10(3)12(14)16-9-17-13/h9,11H,4-8H2,1-3H3,(H3,14,15,16,17). The summed E-state index contributed by atoms with van der Waals surface area (Å²) in [5.41, 5.74) is 6.69. The predicted molar refractivity (Wildman–Crippen MR) is 73.0 cm³/mol. The number of nitrogen functional groups attached to an aromatic ring is 1. The van der Waals surface area contributed by atoms with Crippen LogP contribution >= 0.6 is 0 Å². The highest BCUT2D eigenvalue weighted by Crippen LogP contribution is 2.17. The molecule has 0 aliphatic carbocycles. The zero-order chi connectivity index (χ0) is 12.7. The van der Waals surface area contributed by atoms with Crippen LogP contribution < -0.4 is 11.1 Å². The Balaban J connectivity index is 2.50. The minimum atomic E-state index is 0.559. The molecule has 96 valence electrons. The Morgan fingerprint density at radius 2 is 2.12 bits per heavy atom. The zero-order valence-electron chi connectivity index (χ0n) is 11.2. The summed E-state index contributed by atoms with van der Waals surface area (Å²) >= 11 is 0. The summed E-state index contributed by atoms with van der Waals surface area (Å²) in [7, 11) is 0. The van der Waals surface area contributed by atoms with E-state index in [2.05, 4.69) is 29.1 Å². The van der Waals surface area contributed by atoms with Crippen molar-refractivity contribution in [2.24, 2.45) is 5.92 Å². The quantitative estimate of drug-likeness (QED) is 0.764. The monoisotopic (exact) mass is 236 g/mol. The summed E-state index contributed by atoms with van der Waals surface area (Å²) < 4.78 is 0. The maximum absolute atomic E-state index is 5.75. The number of nitrogens with two attached hydrogens (primary N) is 1. The molecule has 0 aliphatic rings. The lowest BCUT2D eigenvalue weighted by molar-refractivity contribution is 0.472. The van der Waals surface area contributed by atoms with Crippen molar-refractivity contribution < 1.29 is 0 Å². The van der Waals surface area contributed by atoms with Crippen molar-refractivity contribution in [1.82, 2.24) is 9.97 Å². The van der Waals surface area contributed by atoms with E-state index in [0.29, 0.717) is 11.7 Å². The molecule has 1 aromatic rings. The first-order valence-corrected chi connectivity index (χ1v) is 6.49. The van der Waals surface area contributed by atoms with E-state index in [4.69, 9.17) is 5.73 Å². The van der Waals surface area contributed by atoms with E-state index in [1.54, 1.807) is 0 Å². The van der Waals surface area contributed by atoms with Gasteiger partial charge in [-0.25, -0.2) is 9.97 Å². The molecule has 1 rings (SSSR count). The molecule has 0 saturated carbocycles. The second-order valence-corrected chi connectivity index (χ2v) is 4.53. The smallest absolute Gasteiger partial charge is 0.134 e. The van der Waals surface area contributed by atoms with Crippen LogP contribution in [0, 0.1) is 12.8 Å². The molecule has 4 heteroatoms. The summed E-state index contributed by atoms with van der Waals surface area (Å²) in [5, 5.41) is 3.38. The molecular formula is C13H24N4. The summed E-state index contributed by atoms with van der Waals surface area (Å²) in [6.45, 7) is 7.39. The third-order valence-electron chi connectivity index (χ3n) is 3.22. The van der Waals surface area contributed by atoms with Gasteiger partial charge in [-0.3, -0.25) is 0 Å². The van der Waals surface area contributed by atoms with Crippen molar-refractivity contribution in [3.05, 3.63) is 11.9 Å². The number of hydrogen-bond acceptors (Lipinski definition) is 4. The molecule has 4 nitrogen and oxygen atoms in total. The van der Waals surface area contributed by atoms with Crippen LogP contribution in [0.15, 0.2) is 6.33 Å². The lowest BCUT2D eigenvalue weighted by atomic mass is 9.99. The fraction of sp³-hybridized carbons (Fsp3) is 0.692. The maximum atomic E-state index is 5.75. The van der Waals surface area contributed by atoms with Crippen molar-refractivity contribution in [3.8, 4) is 0 Å². The minimum Gasteiger partial charge on any atom is -0.383 e. The van der Waals surface area contributed by atoms with E-state index in [1.165, 1.54) is 32.0 Å². The SMILES string of the molecule is CCCCC(CC)CNc1ncnc(N)c1C. The molecule has 1 unspecified atom stereocenters. The fourth-order valence-corrected chi connectivity index (χ4v) is 1.83. The van der Waals surface area contributed by atoms with Crippen molar-refractivity contribution in [3.63, 3.8) is 0 Å². The molecular weight excluding hydrogens is 212 g/mol. The Kier molecular flexibility index (Phi) is 5.73. The number of nitrogens with one attached hydrogen (secondary N) is 1. The van der Waals surface area contributed by atoms with E-state index < -0.39 is 0 Å². The van der Waals surface area contributed by atoms with Crippen LogP contribution in [0.1, 0.15) is 45.1 Å². The molecule has 0 aromatic carbocycles. The molecule has 1 aromatic heterocycles. The van der Waals surface area contributed by atoms with E-state index in [-0.39, 0.29) is 0 Å². The highest BCUT2D eigenvalue weighted by molar-refractivity contribution is 5.53. The molecule has 0 radical (unpaired) electrons. The van der Waals surface area contributed by atoms with Gasteiger partial charge in [-0.05, 0) is 19.3 Å². The molecule has 3 N–H and O–H groups in total. The van der Waals surface area contributed by atoms with Gasteiger partial charge in [0.15, 0.2) is 0 Å². The number of nitrogens with zero attached hydrogens (tertiary/aromatic N) is 2. The van der Waals surface area contributed by atoms with Gasteiger partial charge >= 0.3 is 0 Å². The average molecular weight is 236 g/mol. The molecule has 1 heterocycles. The largest absolute Gasteiger partial charge is 0.383 e. The molecule has 0 spiro atoms. The lowest BCUT2D eigenvalue weighted by Gasteiger charge is -2.16. The first-order chi connectivity index (χ1) is 8.19. The molecule has 0 saturated heterocycles. The fourth-order valence-electron chi connectivity index (χ4n) is 1.83. The van der Waals surface area contributed by atoms with Crippen LogP contribution in [0.2, 0.25) is 0 Å². The summed E-state index contributed by atoms with van der Waals surface area (Å²) in [6.07, 6.45) is 6.55. The zero-order valence-corrected chi connectivity index (χ0v) is 11.2. The van der Waals surface area contributed by atoms with Gasteiger partial charge in [0.25, 0.3) is 0 Å². The predicted octanol–water partition coefficient (Wildman–Crippen LogP) is 3.00. The Labute approximate surface area is 104 Å². The van der Waals surface area contributed by atoms with Crippen molar-refractivity contribution in [2.75, 3.05) is 17.6 Å².